The molecule has 0 unspecified atom stereocenters. The van der Waals surface area contributed by atoms with Crippen molar-refractivity contribution in [3.63, 3.8) is 0 Å². The Kier molecular flexibility index (Phi) is 9.32. The number of rotatable bonds is 8. The summed E-state index contributed by atoms with van der Waals surface area (Å²) < 4.78 is 13.2. The number of hydrazone groups is 2. The van der Waals surface area contributed by atoms with E-state index in [4.69, 9.17) is 9.47 Å². The topological polar surface area (TPSA) is 84.3 Å². The zero-order valence-electron chi connectivity index (χ0n) is 17.1. The van der Waals surface area contributed by atoms with E-state index in [1.54, 1.807) is 0 Å². The number of ether oxygens (including phenoxy) is 2. The molecule has 0 heterocycles. The van der Waals surface area contributed by atoms with Gasteiger partial charge in [-0.1, -0.05) is 31.9 Å². The molecule has 0 spiro atoms. The van der Waals surface area contributed by atoms with Gasteiger partial charge >= 0.3 is 6.03 Å². The van der Waals surface area contributed by atoms with Crippen LogP contribution in [0.4, 0.5) is 4.79 Å². The fraction of sp³-hybridized carbons (Fsp3) is 0.286. The second-order valence-corrected chi connectivity index (χ2v) is 8.60. The smallest absolute Gasteiger partial charge is 0.355 e. The van der Waals surface area contributed by atoms with Crippen molar-refractivity contribution >= 4 is 50.3 Å². The molecule has 0 saturated carbocycles. The maximum absolute atomic E-state index is 12.0. The van der Waals surface area contributed by atoms with Gasteiger partial charge in [0.1, 0.15) is 11.5 Å². The Bertz CT molecular complexity index is 857. The molecule has 2 rings (SSSR count). The predicted octanol–water partition coefficient (Wildman–Crippen LogP) is 5.45. The lowest BCUT2D eigenvalue weighted by Gasteiger charge is -2.12. The third-order valence-corrected chi connectivity index (χ3v) is 4.39. The van der Waals surface area contributed by atoms with Gasteiger partial charge in [0.05, 0.1) is 24.6 Å². The van der Waals surface area contributed by atoms with Crippen LogP contribution in [0.5, 0.6) is 11.5 Å². The summed E-state index contributed by atoms with van der Waals surface area (Å²) in [6, 6.07) is 10.6. The van der Waals surface area contributed by atoms with E-state index in [2.05, 4.69) is 52.9 Å². The van der Waals surface area contributed by atoms with Crippen molar-refractivity contribution in [3.8, 4) is 11.5 Å². The minimum absolute atomic E-state index is 0.0199. The lowest BCUT2D eigenvalue weighted by Crippen LogP contribution is -2.28. The van der Waals surface area contributed by atoms with Crippen LogP contribution in [0.2, 0.25) is 0 Å². The van der Waals surface area contributed by atoms with Crippen molar-refractivity contribution < 1.29 is 14.3 Å². The Labute approximate surface area is 193 Å². The molecular weight excluding hydrogens is 516 g/mol. The van der Waals surface area contributed by atoms with Crippen LogP contribution in [-0.4, -0.2) is 30.7 Å². The van der Waals surface area contributed by atoms with E-state index >= 15 is 0 Å². The Morgan fingerprint density at radius 3 is 1.60 bits per heavy atom. The molecule has 2 aromatic carbocycles. The largest absolute Gasteiger partial charge is 0.490 e. The van der Waals surface area contributed by atoms with Gasteiger partial charge in [-0.25, -0.2) is 15.6 Å². The van der Waals surface area contributed by atoms with Crippen LogP contribution in [0.1, 0.15) is 38.8 Å². The van der Waals surface area contributed by atoms with E-state index in [9.17, 15) is 4.79 Å². The number of hydrogen-bond acceptors (Lipinski definition) is 5. The van der Waals surface area contributed by atoms with Crippen LogP contribution in [0.25, 0.3) is 0 Å². The highest BCUT2D eigenvalue weighted by atomic mass is 79.9. The van der Waals surface area contributed by atoms with Gasteiger partial charge in [-0.05, 0) is 64.1 Å². The quantitative estimate of drug-likeness (QED) is 0.345. The molecule has 0 radical (unpaired) electrons. The second kappa shape index (κ2) is 11.7. The number of halogens is 2. The molecule has 160 valence electrons. The number of carbonyl (C=O) groups excluding carboxylic acids is 1. The van der Waals surface area contributed by atoms with E-state index in [1.807, 2.05) is 64.1 Å². The summed E-state index contributed by atoms with van der Waals surface area (Å²) in [7, 11) is 0. The second-order valence-electron chi connectivity index (χ2n) is 6.77. The average molecular weight is 540 g/mol. The lowest BCUT2D eigenvalue weighted by molar-refractivity contribution is 0.240. The van der Waals surface area contributed by atoms with E-state index in [1.165, 1.54) is 12.4 Å². The first kappa shape index (κ1) is 23.9. The molecule has 0 atom stereocenters. The summed E-state index contributed by atoms with van der Waals surface area (Å²) in [5.41, 5.74) is 6.20. The normalized spacial score (nSPS) is 11.5. The Balaban J connectivity index is 1.98. The minimum Gasteiger partial charge on any atom is -0.490 e. The highest BCUT2D eigenvalue weighted by Crippen LogP contribution is 2.23. The molecule has 0 aromatic heterocycles. The molecule has 0 saturated heterocycles. The van der Waals surface area contributed by atoms with Crippen LogP contribution >= 0.6 is 31.9 Å². The highest BCUT2D eigenvalue weighted by Gasteiger charge is 2.06. The third-order valence-electron chi connectivity index (χ3n) is 3.41. The molecule has 30 heavy (non-hydrogen) atoms. The maximum atomic E-state index is 12.0. The van der Waals surface area contributed by atoms with Gasteiger partial charge in [0.15, 0.2) is 0 Å². The van der Waals surface area contributed by atoms with Crippen molar-refractivity contribution in [2.75, 3.05) is 0 Å². The van der Waals surface area contributed by atoms with Gasteiger partial charge in [-0.3, -0.25) is 0 Å². The van der Waals surface area contributed by atoms with Crippen molar-refractivity contribution in [1.29, 1.82) is 0 Å². The van der Waals surface area contributed by atoms with Gasteiger partial charge in [-0.2, -0.15) is 10.2 Å². The number of hydrogen-bond donors (Lipinski definition) is 2. The molecule has 0 aliphatic rings. The van der Waals surface area contributed by atoms with Crippen molar-refractivity contribution in [1.82, 2.24) is 10.9 Å². The fourth-order valence-corrected chi connectivity index (χ4v) is 3.07. The van der Waals surface area contributed by atoms with E-state index in [0.29, 0.717) is 11.5 Å². The molecule has 0 fully saturated rings. The van der Waals surface area contributed by atoms with Gasteiger partial charge in [0.25, 0.3) is 0 Å². The van der Waals surface area contributed by atoms with Crippen LogP contribution in [0.3, 0.4) is 0 Å². The summed E-state index contributed by atoms with van der Waals surface area (Å²) in [6.07, 6.45) is 3.06. The van der Waals surface area contributed by atoms with Crippen LogP contribution in [0, 0.1) is 0 Å². The summed E-state index contributed by atoms with van der Waals surface area (Å²) in [5, 5.41) is 7.91. The van der Waals surface area contributed by atoms with Crippen LogP contribution in [0.15, 0.2) is 55.5 Å². The number of nitrogens with zero attached hydrogens (tertiary/aromatic N) is 2. The van der Waals surface area contributed by atoms with Gasteiger partial charge in [0, 0.05) is 20.1 Å². The molecule has 9 heteroatoms. The molecule has 2 amide bonds. The maximum Gasteiger partial charge on any atom is 0.355 e. The predicted molar refractivity (Wildman–Crippen MR) is 127 cm³/mol. The van der Waals surface area contributed by atoms with Crippen molar-refractivity contribution in [2.24, 2.45) is 10.2 Å². The Hall–Kier alpha value is -2.39. The molecule has 0 aliphatic carbocycles. The molecule has 7 nitrogen and oxygen atoms in total. The number of nitrogens with one attached hydrogen (secondary N) is 2. The van der Waals surface area contributed by atoms with Crippen molar-refractivity contribution in [2.45, 2.75) is 39.9 Å². The Morgan fingerprint density at radius 2 is 1.23 bits per heavy atom. The number of urea groups is 1. The summed E-state index contributed by atoms with van der Waals surface area (Å²) in [6.45, 7) is 7.76. The van der Waals surface area contributed by atoms with E-state index in [0.717, 1.165) is 20.1 Å². The van der Waals surface area contributed by atoms with Crippen LogP contribution in [-0.2, 0) is 0 Å². The zero-order chi connectivity index (χ0) is 22.1. The van der Waals surface area contributed by atoms with Crippen LogP contribution < -0.4 is 20.3 Å². The van der Waals surface area contributed by atoms with Gasteiger partial charge < -0.3 is 9.47 Å². The molecule has 2 N–H and O–H groups in total. The third kappa shape index (κ3) is 8.16. The summed E-state index contributed by atoms with van der Waals surface area (Å²) >= 11 is 6.83. The molecule has 0 bridgehead atoms. The molecule has 2 aromatic rings. The molecule has 0 aliphatic heterocycles. The monoisotopic (exact) mass is 538 g/mol. The average Bonchev–Trinajstić information content (AvgIpc) is 2.65. The first-order valence-corrected chi connectivity index (χ1v) is 10.9. The first-order chi connectivity index (χ1) is 14.2. The fourth-order valence-electron chi connectivity index (χ4n) is 2.31. The number of amides is 2. The standard InChI is InChI=1S/C21H24Br2N4O3/c1-13(2)29-19-7-5-17(22)9-15(19)11-24-26-21(28)27-25-12-16-10-18(23)6-8-20(16)30-14(3)4/h5-14H,1-4H3,(H2,26,27,28)/b24-11+,25-12?. The lowest BCUT2D eigenvalue weighted by atomic mass is 10.2. The number of benzene rings is 2. The summed E-state index contributed by atoms with van der Waals surface area (Å²) in [4.78, 5) is 12.0. The highest BCUT2D eigenvalue weighted by molar-refractivity contribution is 9.10. The zero-order valence-corrected chi connectivity index (χ0v) is 20.3. The minimum atomic E-state index is -0.579. The molecular formula is C21H24Br2N4O3. The number of carbonyl (C=O) groups is 1. The summed E-state index contributed by atoms with van der Waals surface area (Å²) in [5.74, 6) is 1.34. The SMILES string of the molecule is CC(C)Oc1ccc(Br)cc1C=NNC(=O)N/N=C/c1cc(Br)ccc1OC(C)C. The van der Waals surface area contributed by atoms with E-state index in [-0.39, 0.29) is 12.2 Å². The van der Waals surface area contributed by atoms with E-state index < -0.39 is 6.03 Å². The first-order valence-electron chi connectivity index (χ1n) is 9.29. The van der Waals surface area contributed by atoms with Crippen molar-refractivity contribution in [3.05, 3.63) is 56.5 Å². The van der Waals surface area contributed by atoms with Gasteiger partial charge in [-0.15, -0.1) is 0 Å². The van der Waals surface area contributed by atoms with Gasteiger partial charge in [0.2, 0.25) is 0 Å². The Morgan fingerprint density at radius 1 is 0.833 bits per heavy atom.